The molecular formula is C22H28ClN4O+. The number of amides is 1. The highest BCUT2D eigenvalue weighted by molar-refractivity contribution is 6.33. The molecule has 2 aromatic carbocycles. The first-order chi connectivity index (χ1) is 13.7. The van der Waals surface area contributed by atoms with Gasteiger partial charge in [-0.3, -0.25) is 4.79 Å². The summed E-state index contributed by atoms with van der Waals surface area (Å²) in [7, 11) is 0. The van der Waals surface area contributed by atoms with Gasteiger partial charge in [0.05, 0.1) is 36.9 Å². The Hall–Kier alpha value is -2.24. The molecule has 0 aliphatic carbocycles. The highest BCUT2D eigenvalue weighted by atomic mass is 35.5. The van der Waals surface area contributed by atoms with Gasteiger partial charge in [0.25, 0.3) is 5.91 Å². The van der Waals surface area contributed by atoms with E-state index < -0.39 is 0 Å². The largest absolute Gasteiger partial charge is 0.368 e. The van der Waals surface area contributed by atoms with Gasteiger partial charge in [0.1, 0.15) is 0 Å². The summed E-state index contributed by atoms with van der Waals surface area (Å²) in [5.74, 6) is 0.286. The molecule has 148 valence electrons. The zero-order chi connectivity index (χ0) is 19.3. The number of carbonyl (C=O) groups is 1. The SMILES string of the molecule is O=C(C[NH+]1CCN(c2ccccc2Cl)CC1)N1CCN(c2ccccc2)CC1. The van der Waals surface area contributed by atoms with E-state index in [2.05, 4.69) is 40.1 Å². The van der Waals surface area contributed by atoms with Crippen LogP contribution in [0.2, 0.25) is 5.02 Å². The van der Waals surface area contributed by atoms with Gasteiger partial charge in [-0.1, -0.05) is 41.9 Å². The summed E-state index contributed by atoms with van der Waals surface area (Å²) in [5.41, 5.74) is 2.35. The zero-order valence-electron chi connectivity index (χ0n) is 16.2. The van der Waals surface area contributed by atoms with Crippen molar-refractivity contribution in [2.75, 3.05) is 68.7 Å². The molecule has 2 heterocycles. The van der Waals surface area contributed by atoms with Gasteiger partial charge in [-0.2, -0.15) is 0 Å². The Labute approximate surface area is 172 Å². The number of anilines is 2. The normalized spacial score (nSPS) is 18.4. The molecule has 2 aromatic rings. The van der Waals surface area contributed by atoms with Crippen LogP contribution in [0.5, 0.6) is 0 Å². The molecule has 0 saturated carbocycles. The first kappa shape index (κ1) is 19.1. The van der Waals surface area contributed by atoms with Crippen LogP contribution in [0.25, 0.3) is 0 Å². The molecule has 0 aromatic heterocycles. The second kappa shape index (κ2) is 8.84. The minimum atomic E-state index is 0.286. The Morgan fingerprint density at radius 1 is 0.821 bits per heavy atom. The maximum absolute atomic E-state index is 12.8. The number of benzene rings is 2. The lowest BCUT2D eigenvalue weighted by Crippen LogP contribution is -3.16. The number of piperazine rings is 2. The molecule has 2 fully saturated rings. The predicted molar refractivity (Wildman–Crippen MR) is 114 cm³/mol. The Bertz CT molecular complexity index is 784. The second-order valence-electron chi connectivity index (χ2n) is 7.57. The molecule has 1 N–H and O–H groups in total. The number of hydrogen-bond acceptors (Lipinski definition) is 3. The van der Waals surface area contributed by atoms with Crippen molar-refractivity contribution in [1.82, 2.24) is 4.90 Å². The summed E-state index contributed by atoms with van der Waals surface area (Å²) in [6, 6.07) is 18.5. The smallest absolute Gasteiger partial charge is 0.277 e. The molecule has 0 unspecified atom stereocenters. The van der Waals surface area contributed by atoms with E-state index in [4.69, 9.17) is 11.6 Å². The van der Waals surface area contributed by atoms with Crippen molar-refractivity contribution in [3.63, 3.8) is 0 Å². The van der Waals surface area contributed by atoms with Crippen LogP contribution in [-0.4, -0.2) is 69.7 Å². The minimum Gasteiger partial charge on any atom is -0.368 e. The maximum atomic E-state index is 12.8. The van der Waals surface area contributed by atoms with E-state index in [0.29, 0.717) is 6.54 Å². The highest BCUT2D eigenvalue weighted by Crippen LogP contribution is 2.24. The van der Waals surface area contributed by atoms with Crippen molar-refractivity contribution in [2.45, 2.75) is 0 Å². The molecule has 2 aliphatic heterocycles. The monoisotopic (exact) mass is 399 g/mol. The molecule has 2 aliphatic rings. The van der Waals surface area contributed by atoms with Crippen LogP contribution in [0.4, 0.5) is 11.4 Å². The van der Waals surface area contributed by atoms with Crippen molar-refractivity contribution in [3.8, 4) is 0 Å². The Kier molecular flexibility index (Phi) is 6.03. The number of nitrogens with one attached hydrogen (secondary N) is 1. The number of nitrogens with zero attached hydrogens (tertiary/aromatic N) is 3. The topological polar surface area (TPSA) is 31.2 Å². The first-order valence-electron chi connectivity index (χ1n) is 10.1. The Morgan fingerprint density at radius 3 is 2.14 bits per heavy atom. The number of halogens is 1. The highest BCUT2D eigenvalue weighted by Gasteiger charge is 2.27. The second-order valence-corrected chi connectivity index (χ2v) is 7.98. The third kappa shape index (κ3) is 4.42. The Balaban J connectivity index is 1.24. The number of rotatable bonds is 4. The fraction of sp³-hybridized carbons (Fsp3) is 0.409. The standard InChI is InChI=1S/C22H27ClN4O/c23-20-8-4-5-9-21(20)26-12-10-24(11-13-26)18-22(28)27-16-14-25(15-17-27)19-6-2-1-3-7-19/h1-9H,10-18H2/p+1. The van der Waals surface area contributed by atoms with Crippen LogP contribution in [0.15, 0.2) is 54.6 Å². The van der Waals surface area contributed by atoms with E-state index >= 15 is 0 Å². The van der Waals surface area contributed by atoms with E-state index in [1.54, 1.807) is 0 Å². The zero-order valence-corrected chi connectivity index (χ0v) is 16.9. The number of para-hydroxylation sites is 2. The molecule has 6 heteroatoms. The molecular weight excluding hydrogens is 372 g/mol. The summed E-state index contributed by atoms with van der Waals surface area (Å²) >= 11 is 6.32. The molecule has 0 bridgehead atoms. The van der Waals surface area contributed by atoms with Gasteiger partial charge in [-0.15, -0.1) is 0 Å². The van der Waals surface area contributed by atoms with E-state index in [1.165, 1.54) is 10.6 Å². The van der Waals surface area contributed by atoms with Crippen LogP contribution in [0, 0.1) is 0 Å². The number of quaternary nitrogens is 1. The van der Waals surface area contributed by atoms with Gasteiger partial charge < -0.3 is 19.6 Å². The molecule has 0 spiro atoms. The first-order valence-corrected chi connectivity index (χ1v) is 10.5. The lowest BCUT2D eigenvalue weighted by Gasteiger charge is -2.38. The summed E-state index contributed by atoms with van der Waals surface area (Å²) in [6.45, 7) is 7.86. The minimum absolute atomic E-state index is 0.286. The van der Waals surface area contributed by atoms with Gasteiger partial charge in [0.15, 0.2) is 6.54 Å². The van der Waals surface area contributed by atoms with Crippen molar-refractivity contribution >= 4 is 28.9 Å². The van der Waals surface area contributed by atoms with Gasteiger partial charge in [0.2, 0.25) is 0 Å². The van der Waals surface area contributed by atoms with Gasteiger partial charge >= 0.3 is 0 Å². The van der Waals surface area contributed by atoms with Crippen LogP contribution in [-0.2, 0) is 4.79 Å². The van der Waals surface area contributed by atoms with Crippen LogP contribution in [0.1, 0.15) is 0 Å². The van der Waals surface area contributed by atoms with Crippen LogP contribution in [0.3, 0.4) is 0 Å². The molecule has 2 saturated heterocycles. The average Bonchev–Trinajstić information content (AvgIpc) is 2.75. The Morgan fingerprint density at radius 2 is 1.46 bits per heavy atom. The molecule has 5 nitrogen and oxygen atoms in total. The van der Waals surface area contributed by atoms with E-state index in [9.17, 15) is 4.79 Å². The molecule has 0 radical (unpaired) electrons. The van der Waals surface area contributed by atoms with Crippen molar-refractivity contribution < 1.29 is 9.69 Å². The number of carbonyl (C=O) groups excluding carboxylic acids is 1. The van der Waals surface area contributed by atoms with Crippen LogP contribution >= 0.6 is 11.6 Å². The van der Waals surface area contributed by atoms with Crippen LogP contribution < -0.4 is 14.7 Å². The fourth-order valence-corrected chi connectivity index (χ4v) is 4.38. The molecule has 28 heavy (non-hydrogen) atoms. The molecule has 0 atom stereocenters. The van der Waals surface area contributed by atoms with Crippen molar-refractivity contribution in [1.29, 1.82) is 0 Å². The fourth-order valence-electron chi connectivity index (χ4n) is 4.13. The summed E-state index contributed by atoms with van der Waals surface area (Å²) < 4.78 is 0. The van der Waals surface area contributed by atoms with Gasteiger partial charge in [-0.05, 0) is 24.3 Å². The van der Waals surface area contributed by atoms with E-state index in [0.717, 1.165) is 63.1 Å². The van der Waals surface area contributed by atoms with Crippen molar-refractivity contribution in [3.05, 3.63) is 59.6 Å². The summed E-state index contributed by atoms with van der Waals surface area (Å²) in [5, 5.41) is 0.804. The van der Waals surface area contributed by atoms with Gasteiger partial charge in [0, 0.05) is 31.9 Å². The predicted octanol–water partition coefficient (Wildman–Crippen LogP) is 1.39. The third-order valence-corrected chi connectivity index (χ3v) is 6.14. The summed E-state index contributed by atoms with van der Waals surface area (Å²) in [6.07, 6.45) is 0. The molecule has 1 amide bonds. The van der Waals surface area contributed by atoms with E-state index in [1.807, 2.05) is 29.2 Å². The lowest BCUT2D eigenvalue weighted by molar-refractivity contribution is -0.892. The molecule has 4 rings (SSSR count). The van der Waals surface area contributed by atoms with Gasteiger partial charge in [-0.25, -0.2) is 0 Å². The van der Waals surface area contributed by atoms with Crippen molar-refractivity contribution in [2.24, 2.45) is 0 Å². The average molecular weight is 400 g/mol. The quantitative estimate of drug-likeness (QED) is 0.843. The lowest BCUT2D eigenvalue weighted by atomic mass is 10.2. The maximum Gasteiger partial charge on any atom is 0.277 e. The number of hydrogen-bond donors (Lipinski definition) is 1. The summed E-state index contributed by atoms with van der Waals surface area (Å²) in [4.78, 5) is 20.9. The third-order valence-electron chi connectivity index (χ3n) is 5.82. The van der Waals surface area contributed by atoms with E-state index in [-0.39, 0.29) is 5.91 Å².